The summed E-state index contributed by atoms with van der Waals surface area (Å²) in [6, 6.07) is 17.2. The van der Waals surface area contributed by atoms with Gasteiger partial charge in [-0.3, -0.25) is 4.79 Å². The first-order valence-corrected chi connectivity index (χ1v) is 9.65. The summed E-state index contributed by atoms with van der Waals surface area (Å²) in [7, 11) is 2.93. The Morgan fingerprint density at radius 1 is 0.875 bits per heavy atom. The van der Waals surface area contributed by atoms with Gasteiger partial charge in [-0.1, -0.05) is 24.3 Å². The van der Waals surface area contributed by atoms with Crippen molar-refractivity contribution >= 4 is 17.6 Å². The monoisotopic (exact) mass is 439 g/mol. The van der Waals surface area contributed by atoms with E-state index in [4.69, 9.17) is 18.9 Å². The summed E-state index contributed by atoms with van der Waals surface area (Å²) >= 11 is 0. The van der Waals surface area contributed by atoms with E-state index in [0.717, 1.165) is 0 Å². The highest BCUT2D eigenvalue weighted by Crippen LogP contribution is 2.29. The molecular weight excluding hydrogens is 417 g/mol. The number of para-hydroxylation sites is 2. The lowest BCUT2D eigenvalue weighted by atomic mass is 10.2. The van der Waals surface area contributed by atoms with Crippen molar-refractivity contribution in [3.8, 4) is 17.2 Å². The maximum atomic E-state index is 13.0. The van der Waals surface area contributed by atoms with Crippen molar-refractivity contribution in [2.45, 2.75) is 6.61 Å². The van der Waals surface area contributed by atoms with Crippen LogP contribution in [0, 0.1) is 5.82 Å². The predicted octanol–water partition coefficient (Wildman–Crippen LogP) is 4.22. The van der Waals surface area contributed by atoms with Crippen molar-refractivity contribution < 1.29 is 32.9 Å². The van der Waals surface area contributed by atoms with Gasteiger partial charge in [-0.25, -0.2) is 9.18 Å². The Kier molecular flexibility index (Phi) is 7.64. The average Bonchev–Trinajstić information content (AvgIpc) is 2.82. The number of amides is 1. The van der Waals surface area contributed by atoms with Crippen molar-refractivity contribution in [3.63, 3.8) is 0 Å². The molecule has 0 aliphatic heterocycles. The number of nitrogens with one attached hydrogen (secondary N) is 1. The quantitative estimate of drug-likeness (QED) is 0.503. The van der Waals surface area contributed by atoms with Crippen LogP contribution < -0.4 is 19.5 Å². The third-order valence-corrected chi connectivity index (χ3v) is 4.42. The predicted molar refractivity (Wildman–Crippen MR) is 116 cm³/mol. The molecule has 0 fully saturated rings. The first kappa shape index (κ1) is 22.6. The molecule has 0 atom stereocenters. The van der Waals surface area contributed by atoms with Gasteiger partial charge in [0.25, 0.3) is 5.91 Å². The van der Waals surface area contributed by atoms with Gasteiger partial charge in [-0.15, -0.1) is 0 Å². The average molecular weight is 439 g/mol. The second-order valence-corrected chi connectivity index (χ2v) is 6.61. The van der Waals surface area contributed by atoms with Gasteiger partial charge in [-0.05, 0) is 48.0 Å². The number of hydrogen-bond acceptors (Lipinski definition) is 6. The minimum atomic E-state index is -0.576. The van der Waals surface area contributed by atoms with E-state index in [1.807, 2.05) is 0 Å². The first-order chi connectivity index (χ1) is 15.5. The number of anilines is 1. The van der Waals surface area contributed by atoms with Crippen LogP contribution in [0.3, 0.4) is 0 Å². The lowest BCUT2D eigenvalue weighted by Crippen LogP contribution is -2.20. The van der Waals surface area contributed by atoms with E-state index in [9.17, 15) is 14.0 Å². The van der Waals surface area contributed by atoms with Crippen LogP contribution >= 0.6 is 0 Å². The van der Waals surface area contributed by atoms with Crippen LogP contribution in [-0.4, -0.2) is 32.7 Å². The van der Waals surface area contributed by atoms with E-state index >= 15 is 0 Å². The highest BCUT2D eigenvalue weighted by Gasteiger charge is 2.14. The summed E-state index contributed by atoms with van der Waals surface area (Å²) < 4.78 is 34.2. The fourth-order valence-corrected chi connectivity index (χ4v) is 2.80. The molecule has 3 aromatic carbocycles. The molecule has 8 heteroatoms. The maximum absolute atomic E-state index is 13.0. The Morgan fingerprint density at radius 3 is 2.31 bits per heavy atom. The number of carbonyl (C=O) groups excluding carboxylic acids is 2. The van der Waals surface area contributed by atoms with Crippen LogP contribution in [0.15, 0.2) is 66.7 Å². The van der Waals surface area contributed by atoms with Gasteiger partial charge in [-0.2, -0.15) is 0 Å². The molecule has 166 valence electrons. The molecule has 0 radical (unpaired) electrons. The number of hydrogen-bond donors (Lipinski definition) is 1. The van der Waals surface area contributed by atoms with Crippen molar-refractivity contribution in [3.05, 3.63) is 83.7 Å². The van der Waals surface area contributed by atoms with Crippen molar-refractivity contribution in [1.29, 1.82) is 0 Å². The van der Waals surface area contributed by atoms with E-state index in [2.05, 4.69) is 5.32 Å². The molecule has 3 rings (SSSR count). The smallest absolute Gasteiger partial charge is 0.338 e. The number of rotatable bonds is 9. The lowest BCUT2D eigenvalue weighted by Gasteiger charge is -2.13. The molecule has 1 N–H and O–H groups in total. The molecule has 0 saturated carbocycles. The second kappa shape index (κ2) is 10.8. The SMILES string of the molecule is COc1ccccc1NC(=O)COc1ccc(C(=O)OCc2ccc(F)cc2)cc1OC. The molecule has 0 saturated heterocycles. The van der Waals surface area contributed by atoms with E-state index in [-0.39, 0.29) is 42.0 Å². The van der Waals surface area contributed by atoms with Crippen LogP contribution in [0.1, 0.15) is 15.9 Å². The molecule has 0 bridgehead atoms. The Balaban J connectivity index is 1.58. The zero-order chi connectivity index (χ0) is 22.9. The lowest BCUT2D eigenvalue weighted by molar-refractivity contribution is -0.118. The van der Waals surface area contributed by atoms with Gasteiger partial charge < -0.3 is 24.3 Å². The van der Waals surface area contributed by atoms with E-state index < -0.39 is 5.97 Å². The molecule has 0 aromatic heterocycles. The Hall–Kier alpha value is -4.07. The molecular formula is C24H22FNO6. The van der Waals surface area contributed by atoms with Crippen LogP contribution in [0.4, 0.5) is 10.1 Å². The summed E-state index contributed by atoms with van der Waals surface area (Å²) in [6.45, 7) is -0.272. The molecule has 7 nitrogen and oxygen atoms in total. The Bertz CT molecular complexity index is 1080. The van der Waals surface area contributed by atoms with Gasteiger partial charge >= 0.3 is 5.97 Å². The summed E-state index contributed by atoms with van der Waals surface area (Å²) in [5.74, 6) is -0.240. The number of ether oxygens (including phenoxy) is 4. The number of methoxy groups -OCH3 is 2. The summed E-state index contributed by atoms with van der Waals surface area (Å²) in [6.07, 6.45) is 0. The van der Waals surface area contributed by atoms with Crippen molar-refractivity contribution in [1.82, 2.24) is 0 Å². The summed E-state index contributed by atoms with van der Waals surface area (Å²) in [4.78, 5) is 24.6. The zero-order valence-electron chi connectivity index (χ0n) is 17.6. The summed E-state index contributed by atoms with van der Waals surface area (Å²) in [5.41, 5.74) is 1.43. The molecule has 0 unspecified atom stereocenters. The van der Waals surface area contributed by atoms with E-state index in [0.29, 0.717) is 17.0 Å². The van der Waals surface area contributed by atoms with Crippen LogP contribution in [0.2, 0.25) is 0 Å². The van der Waals surface area contributed by atoms with Crippen LogP contribution in [0.5, 0.6) is 17.2 Å². The first-order valence-electron chi connectivity index (χ1n) is 9.65. The van der Waals surface area contributed by atoms with Gasteiger partial charge in [0.05, 0.1) is 25.5 Å². The van der Waals surface area contributed by atoms with Crippen molar-refractivity contribution in [2.24, 2.45) is 0 Å². The Morgan fingerprint density at radius 2 is 1.59 bits per heavy atom. The minimum Gasteiger partial charge on any atom is -0.495 e. The molecule has 3 aromatic rings. The number of carbonyl (C=O) groups is 2. The normalized spacial score (nSPS) is 10.2. The number of benzene rings is 3. The van der Waals surface area contributed by atoms with Gasteiger partial charge in [0.2, 0.25) is 0 Å². The molecule has 0 heterocycles. The molecule has 0 aliphatic carbocycles. The highest BCUT2D eigenvalue weighted by atomic mass is 19.1. The summed E-state index contributed by atoms with van der Waals surface area (Å²) in [5, 5.41) is 2.71. The van der Waals surface area contributed by atoms with Crippen molar-refractivity contribution in [2.75, 3.05) is 26.1 Å². The Labute approximate surface area is 184 Å². The number of esters is 1. The zero-order valence-corrected chi connectivity index (χ0v) is 17.6. The largest absolute Gasteiger partial charge is 0.495 e. The van der Waals surface area contributed by atoms with Gasteiger partial charge in [0, 0.05) is 0 Å². The third kappa shape index (κ3) is 5.98. The molecule has 0 aliphatic rings. The topological polar surface area (TPSA) is 83.1 Å². The molecule has 0 spiro atoms. The second-order valence-electron chi connectivity index (χ2n) is 6.61. The minimum absolute atomic E-state index is 0.00278. The fraction of sp³-hybridized carbons (Fsp3) is 0.167. The maximum Gasteiger partial charge on any atom is 0.338 e. The standard InChI is InChI=1S/C24H22FNO6/c1-29-20-6-4-3-5-19(20)26-23(27)15-31-21-12-9-17(13-22(21)30-2)24(28)32-14-16-7-10-18(25)11-8-16/h3-13H,14-15H2,1-2H3,(H,26,27). The van der Waals surface area contributed by atoms with E-state index in [1.165, 1.54) is 56.7 Å². The van der Waals surface area contributed by atoms with Crippen LogP contribution in [-0.2, 0) is 16.1 Å². The molecule has 1 amide bonds. The fourth-order valence-electron chi connectivity index (χ4n) is 2.80. The van der Waals surface area contributed by atoms with E-state index in [1.54, 1.807) is 24.3 Å². The number of halogens is 1. The third-order valence-electron chi connectivity index (χ3n) is 4.42. The van der Waals surface area contributed by atoms with Gasteiger partial charge in [0.1, 0.15) is 18.2 Å². The van der Waals surface area contributed by atoms with Crippen LogP contribution in [0.25, 0.3) is 0 Å². The molecule has 32 heavy (non-hydrogen) atoms. The van der Waals surface area contributed by atoms with Gasteiger partial charge in [0.15, 0.2) is 18.1 Å². The highest BCUT2D eigenvalue weighted by molar-refractivity contribution is 5.93.